The highest BCUT2D eigenvalue weighted by atomic mass is 79.9. The first-order chi connectivity index (χ1) is 9.47. The van der Waals surface area contributed by atoms with Gasteiger partial charge in [0, 0.05) is 15.6 Å². The highest BCUT2D eigenvalue weighted by Gasteiger charge is 2.08. The van der Waals surface area contributed by atoms with Crippen molar-refractivity contribution in [1.29, 1.82) is 0 Å². The number of hydrogen-bond acceptors (Lipinski definition) is 2. The van der Waals surface area contributed by atoms with E-state index in [9.17, 15) is 9.18 Å². The highest BCUT2D eigenvalue weighted by molar-refractivity contribution is 9.10. The van der Waals surface area contributed by atoms with Gasteiger partial charge in [-0.15, -0.1) is 0 Å². The molecule has 0 unspecified atom stereocenters. The minimum Gasteiger partial charge on any atom is -0.487 e. The first kappa shape index (κ1) is 15.0. The van der Waals surface area contributed by atoms with Crippen LogP contribution in [0, 0.1) is 5.82 Å². The normalized spacial score (nSPS) is 10.4. The zero-order valence-corrected chi connectivity index (χ0v) is 13.0. The molecule has 0 aromatic heterocycles. The van der Waals surface area contributed by atoms with Crippen LogP contribution in [-0.4, -0.2) is 5.78 Å². The van der Waals surface area contributed by atoms with Gasteiger partial charge in [0.15, 0.2) is 5.78 Å². The molecule has 0 heterocycles. The molecule has 0 fully saturated rings. The Hall–Kier alpha value is -1.39. The number of ketones is 1. The fraction of sp³-hybridized carbons (Fsp3) is 0.133. The van der Waals surface area contributed by atoms with Gasteiger partial charge in [0.05, 0.1) is 5.02 Å². The van der Waals surface area contributed by atoms with Gasteiger partial charge < -0.3 is 4.74 Å². The number of benzene rings is 2. The third kappa shape index (κ3) is 3.58. The molecule has 2 aromatic rings. The molecule has 0 radical (unpaired) electrons. The molecule has 0 saturated heterocycles. The summed E-state index contributed by atoms with van der Waals surface area (Å²) in [7, 11) is 0. The van der Waals surface area contributed by atoms with E-state index in [1.165, 1.54) is 19.1 Å². The van der Waals surface area contributed by atoms with Crippen molar-refractivity contribution >= 4 is 33.3 Å². The van der Waals surface area contributed by atoms with Crippen LogP contribution in [0.2, 0.25) is 5.02 Å². The Morgan fingerprint density at radius 3 is 2.65 bits per heavy atom. The van der Waals surface area contributed by atoms with Gasteiger partial charge >= 0.3 is 0 Å². The second-order valence-corrected chi connectivity index (χ2v) is 5.55. The molecular weight excluding hydrogens is 347 g/mol. The summed E-state index contributed by atoms with van der Waals surface area (Å²) in [6.07, 6.45) is 0. The first-order valence-electron chi connectivity index (χ1n) is 5.84. The summed E-state index contributed by atoms with van der Waals surface area (Å²) in [4.78, 5) is 11.2. The van der Waals surface area contributed by atoms with Crippen LogP contribution in [0.5, 0.6) is 5.75 Å². The molecule has 104 valence electrons. The summed E-state index contributed by atoms with van der Waals surface area (Å²) in [6, 6.07) is 9.52. The number of ether oxygens (including phenoxy) is 1. The van der Waals surface area contributed by atoms with Crippen molar-refractivity contribution < 1.29 is 13.9 Å². The molecule has 0 atom stereocenters. The lowest BCUT2D eigenvalue weighted by atomic mass is 10.1. The summed E-state index contributed by atoms with van der Waals surface area (Å²) < 4.78 is 19.8. The van der Waals surface area contributed by atoms with Crippen molar-refractivity contribution in [3.05, 3.63) is 62.8 Å². The predicted octanol–water partition coefficient (Wildman–Crippen LogP) is 5.02. The molecule has 2 rings (SSSR count). The van der Waals surface area contributed by atoms with E-state index < -0.39 is 0 Å². The second kappa shape index (κ2) is 6.37. The van der Waals surface area contributed by atoms with Gasteiger partial charge in [0.1, 0.15) is 18.2 Å². The number of carbonyl (C=O) groups is 1. The molecule has 0 aliphatic heterocycles. The number of carbonyl (C=O) groups excluding carboxylic acids is 1. The summed E-state index contributed by atoms with van der Waals surface area (Å²) >= 11 is 9.22. The zero-order chi connectivity index (χ0) is 14.7. The number of hydrogen-bond donors (Lipinski definition) is 0. The van der Waals surface area contributed by atoms with Crippen molar-refractivity contribution in [2.75, 3.05) is 0 Å². The van der Waals surface area contributed by atoms with Crippen molar-refractivity contribution in [3.8, 4) is 5.75 Å². The summed E-state index contributed by atoms with van der Waals surface area (Å²) in [6.45, 7) is 1.53. The Morgan fingerprint density at radius 1 is 1.30 bits per heavy atom. The van der Waals surface area contributed by atoms with E-state index in [2.05, 4.69) is 15.9 Å². The van der Waals surface area contributed by atoms with Gasteiger partial charge in [-0.25, -0.2) is 4.39 Å². The average molecular weight is 358 g/mol. The average Bonchev–Trinajstić information content (AvgIpc) is 2.38. The highest BCUT2D eigenvalue weighted by Crippen LogP contribution is 2.27. The quantitative estimate of drug-likeness (QED) is 0.718. The summed E-state index contributed by atoms with van der Waals surface area (Å²) in [5.74, 6) is -0.00718. The minimum absolute atomic E-state index is 0.0677. The van der Waals surface area contributed by atoms with E-state index in [-0.39, 0.29) is 18.2 Å². The van der Waals surface area contributed by atoms with Gasteiger partial charge in [-0.2, -0.15) is 0 Å². The maximum Gasteiger partial charge on any atom is 0.159 e. The predicted molar refractivity (Wildman–Crippen MR) is 79.9 cm³/mol. The van der Waals surface area contributed by atoms with Gasteiger partial charge in [0.2, 0.25) is 0 Å². The maximum atomic E-state index is 13.6. The number of halogens is 3. The van der Waals surface area contributed by atoms with Crippen LogP contribution in [0.3, 0.4) is 0 Å². The molecule has 2 aromatic carbocycles. The van der Waals surface area contributed by atoms with Crippen LogP contribution >= 0.6 is 27.5 Å². The second-order valence-electron chi connectivity index (χ2n) is 4.23. The Labute approximate surface area is 129 Å². The molecular formula is C15H11BrClFO2. The van der Waals surface area contributed by atoms with E-state index >= 15 is 0 Å². The fourth-order valence-corrected chi connectivity index (χ4v) is 2.20. The van der Waals surface area contributed by atoms with Crippen LogP contribution in [-0.2, 0) is 6.61 Å². The topological polar surface area (TPSA) is 26.3 Å². The third-order valence-electron chi connectivity index (χ3n) is 2.74. The molecule has 0 N–H and O–H groups in total. The van der Waals surface area contributed by atoms with Gasteiger partial charge in [-0.3, -0.25) is 4.79 Å². The molecule has 0 amide bonds. The third-order valence-corrected chi connectivity index (χ3v) is 3.53. The SMILES string of the molecule is CC(=O)c1ccc(OCc2ccc(Br)cc2F)c(Cl)c1. The lowest BCUT2D eigenvalue weighted by Gasteiger charge is -2.09. The van der Waals surface area contributed by atoms with Crippen molar-refractivity contribution in [2.45, 2.75) is 13.5 Å². The maximum absolute atomic E-state index is 13.6. The Balaban J connectivity index is 2.13. The van der Waals surface area contributed by atoms with E-state index in [1.807, 2.05) is 0 Å². The summed E-state index contributed by atoms with van der Waals surface area (Å²) in [5, 5.41) is 0.329. The largest absolute Gasteiger partial charge is 0.487 e. The fourth-order valence-electron chi connectivity index (χ4n) is 1.63. The Morgan fingerprint density at radius 2 is 2.05 bits per heavy atom. The van der Waals surface area contributed by atoms with Crippen LogP contribution in [0.15, 0.2) is 40.9 Å². The van der Waals surface area contributed by atoms with Crippen molar-refractivity contribution in [1.82, 2.24) is 0 Å². The van der Waals surface area contributed by atoms with E-state index in [1.54, 1.807) is 24.3 Å². The van der Waals surface area contributed by atoms with Crippen LogP contribution in [0.1, 0.15) is 22.8 Å². The number of rotatable bonds is 4. The zero-order valence-electron chi connectivity index (χ0n) is 10.6. The smallest absolute Gasteiger partial charge is 0.159 e. The standard InChI is InChI=1S/C15H11BrClFO2/c1-9(19)10-3-5-15(13(17)6-10)20-8-11-2-4-12(16)7-14(11)18/h2-7H,8H2,1H3. The number of Topliss-reactive ketones (excluding diaryl/α,β-unsaturated/α-hetero) is 1. The Bertz CT molecular complexity index is 658. The van der Waals surface area contributed by atoms with Crippen molar-refractivity contribution in [3.63, 3.8) is 0 Å². The summed E-state index contributed by atoms with van der Waals surface area (Å²) in [5.41, 5.74) is 0.942. The Kier molecular flexibility index (Phi) is 4.78. The van der Waals surface area contributed by atoms with Gasteiger partial charge in [0.25, 0.3) is 0 Å². The molecule has 0 bridgehead atoms. The molecule has 0 saturated carbocycles. The minimum atomic E-state index is -0.351. The van der Waals surface area contributed by atoms with E-state index in [0.29, 0.717) is 26.4 Å². The lowest BCUT2D eigenvalue weighted by molar-refractivity contribution is 0.101. The van der Waals surface area contributed by atoms with Gasteiger partial charge in [-0.1, -0.05) is 33.6 Å². The molecule has 0 aliphatic rings. The lowest BCUT2D eigenvalue weighted by Crippen LogP contribution is -2.00. The van der Waals surface area contributed by atoms with E-state index in [0.717, 1.165) is 0 Å². The van der Waals surface area contributed by atoms with Crippen LogP contribution in [0.4, 0.5) is 4.39 Å². The monoisotopic (exact) mass is 356 g/mol. The van der Waals surface area contributed by atoms with Gasteiger partial charge in [-0.05, 0) is 37.3 Å². The molecule has 0 spiro atoms. The van der Waals surface area contributed by atoms with Crippen LogP contribution in [0.25, 0.3) is 0 Å². The molecule has 5 heteroatoms. The molecule has 0 aliphatic carbocycles. The molecule has 20 heavy (non-hydrogen) atoms. The first-order valence-corrected chi connectivity index (χ1v) is 7.01. The van der Waals surface area contributed by atoms with Crippen molar-refractivity contribution in [2.24, 2.45) is 0 Å². The van der Waals surface area contributed by atoms with E-state index in [4.69, 9.17) is 16.3 Å². The molecule has 2 nitrogen and oxygen atoms in total. The van der Waals surface area contributed by atoms with Crippen LogP contribution < -0.4 is 4.74 Å².